The molecule has 7 nitrogen and oxygen atoms in total. The van der Waals surface area contributed by atoms with E-state index in [9.17, 15) is 14.4 Å². The topological polar surface area (TPSA) is 99.1 Å². The Morgan fingerprint density at radius 1 is 0.968 bits per heavy atom. The lowest BCUT2D eigenvalue weighted by Crippen LogP contribution is -2.32. The smallest absolute Gasteiger partial charge is 0.325 e. The molecule has 0 atom stereocenters. The Balaban J connectivity index is 1.64. The summed E-state index contributed by atoms with van der Waals surface area (Å²) in [6.45, 7) is -0.602. The van der Waals surface area contributed by atoms with Gasteiger partial charge in [0, 0.05) is 12.8 Å². The summed E-state index contributed by atoms with van der Waals surface area (Å²) in [7, 11) is 0. The van der Waals surface area contributed by atoms with Gasteiger partial charge in [0.25, 0.3) is 0 Å². The number of halogens is 1. The van der Waals surface area contributed by atoms with E-state index in [1.807, 2.05) is 42.5 Å². The molecule has 0 heterocycles. The van der Waals surface area contributed by atoms with Gasteiger partial charge in [-0.2, -0.15) is 5.10 Å². The van der Waals surface area contributed by atoms with Crippen molar-refractivity contribution in [1.82, 2.24) is 5.01 Å². The molecule has 0 saturated heterocycles. The molecule has 8 heteroatoms. The minimum atomic E-state index is -1.20. The van der Waals surface area contributed by atoms with Gasteiger partial charge < -0.3 is 10.4 Å². The summed E-state index contributed by atoms with van der Waals surface area (Å²) in [5, 5.41) is 19.1. The molecule has 0 aliphatic rings. The SMILES string of the molecule is O=C(O)CN(N=Cc1ccc2ccccc2c1)C(=O)CCC(=O)Nc1ccccc1Cl. The maximum absolute atomic E-state index is 12.5. The number of para-hydroxylation sites is 1. The fourth-order valence-electron chi connectivity index (χ4n) is 2.87. The molecule has 0 aromatic heterocycles. The molecule has 0 radical (unpaired) electrons. The number of aliphatic carboxylic acids is 1. The third-order valence-corrected chi connectivity index (χ3v) is 4.74. The van der Waals surface area contributed by atoms with Gasteiger partial charge in [0.1, 0.15) is 6.54 Å². The highest BCUT2D eigenvalue weighted by molar-refractivity contribution is 6.33. The monoisotopic (exact) mass is 437 g/mol. The molecule has 0 unspecified atom stereocenters. The van der Waals surface area contributed by atoms with Crippen LogP contribution < -0.4 is 5.32 Å². The van der Waals surface area contributed by atoms with Crippen LogP contribution in [0.15, 0.2) is 71.8 Å². The fraction of sp³-hybridized carbons (Fsp3) is 0.130. The lowest BCUT2D eigenvalue weighted by Gasteiger charge is -2.15. The number of hydrazone groups is 1. The molecule has 0 aliphatic carbocycles. The van der Waals surface area contributed by atoms with Crippen LogP contribution in [0.4, 0.5) is 5.69 Å². The van der Waals surface area contributed by atoms with Crippen LogP contribution >= 0.6 is 11.6 Å². The Morgan fingerprint density at radius 3 is 2.42 bits per heavy atom. The van der Waals surface area contributed by atoms with Crippen molar-refractivity contribution in [3.8, 4) is 0 Å². The van der Waals surface area contributed by atoms with E-state index < -0.39 is 24.3 Å². The first-order valence-corrected chi connectivity index (χ1v) is 9.89. The second kappa shape index (κ2) is 10.4. The molecule has 0 aliphatic heterocycles. The van der Waals surface area contributed by atoms with Crippen molar-refractivity contribution in [2.45, 2.75) is 12.8 Å². The van der Waals surface area contributed by atoms with Crippen molar-refractivity contribution in [1.29, 1.82) is 0 Å². The summed E-state index contributed by atoms with van der Waals surface area (Å²) in [5.41, 5.74) is 1.16. The number of anilines is 1. The standard InChI is InChI=1S/C23H20ClN3O4/c24-19-7-3-4-8-20(19)26-21(28)11-12-22(29)27(15-23(30)31)25-14-16-9-10-17-5-1-2-6-18(17)13-16/h1-10,13-14H,11-12,15H2,(H,26,28)(H,30,31). The first kappa shape index (κ1) is 22.0. The van der Waals surface area contributed by atoms with Gasteiger partial charge in [-0.3, -0.25) is 14.4 Å². The number of rotatable bonds is 8. The predicted octanol–water partition coefficient (Wildman–Crippen LogP) is 4.16. The Hall–Kier alpha value is -3.71. The average molecular weight is 438 g/mol. The molecule has 0 bridgehead atoms. The maximum Gasteiger partial charge on any atom is 0.325 e. The van der Waals surface area contributed by atoms with Crippen molar-refractivity contribution in [2.24, 2.45) is 5.10 Å². The van der Waals surface area contributed by atoms with Crippen molar-refractivity contribution >= 4 is 52.1 Å². The van der Waals surface area contributed by atoms with Crippen molar-refractivity contribution in [2.75, 3.05) is 11.9 Å². The van der Waals surface area contributed by atoms with Crippen LogP contribution in [0.1, 0.15) is 18.4 Å². The Kier molecular flexibility index (Phi) is 7.35. The molecule has 0 saturated carbocycles. The number of carbonyl (C=O) groups excluding carboxylic acids is 2. The normalized spacial score (nSPS) is 10.9. The highest BCUT2D eigenvalue weighted by Crippen LogP contribution is 2.20. The van der Waals surface area contributed by atoms with Crippen LogP contribution in [0.5, 0.6) is 0 Å². The van der Waals surface area contributed by atoms with E-state index in [1.165, 1.54) is 6.21 Å². The Morgan fingerprint density at radius 2 is 1.68 bits per heavy atom. The van der Waals surface area contributed by atoms with Gasteiger partial charge in [0.15, 0.2) is 0 Å². The zero-order chi connectivity index (χ0) is 22.2. The number of hydrogen-bond donors (Lipinski definition) is 2. The van der Waals surface area contributed by atoms with Crippen LogP contribution in [-0.2, 0) is 14.4 Å². The second-order valence-corrected chi connectivity index (χ2v) is 7.13. The molecule has 31 heavy (non-hydrogen) atoms. The molecule has 3 aromatic rings. The number of hydrogen-bond acceptors (Lipinski definition) is 4. The molecular weight excluding hydrogens is 418 g/mol. The van der Waals surface area contributed by atoms with Crippen LogP contribution in [-0.4, -0.2) is 40.7 Å². The number of nitrogens with zero attached hydrogens (tertiary/aromatic N) is 2. The minimum Gasteiger partial charge on any atom is -0.480 e. The van der Waals surface area contributed by atoms with Gasteiger partial charge in [0.2, 0.25) is 11.8 Å². The zero-order valence-electron chi connectivity index (χ0n) is 16.5. The van der Waals surface area contributed by atoms with Gasteiger partial charge in [0.05, 0.1) is 16.9 Å². The second-order valence-electron chi connectivity index (χ2n) is 6.72. The van der Waals surface area contributed by atoms with Gasteiger partial charge in [-0.1, -0.05) is 60.1 Å². The number of carboxylic acids is 1. The van der Waals surface area contributed by atoms with E-state index >= 15 is 0 Å². The number of carbonyl (C=O) groups is 3. The van der Waals surface area contributed by atoms with Crippen LogP contribution in [0.2, 0.25) is 5.02 Å². The Bertz CT molecular complexity index is 1150. The average Bonchev–Trinajstić information content (AvgIpc) is 2.76. The van der Waals surface area contributed by atoms with Gasteiger partial charge >= 0.3 is 5.97 Å². The molecule has 0 fully saturated rings. The van der Waals surface area contributed by atoms with E-state index in [1.54, 1.807) is 24.3 Å². The number of fused-ring (bicyclic) bond motifs is 1. The predicted molar refractivity (Wildman–Crippen MR) is 120 cm³/mol. The summed E-state index contributed by atoms with van der Waals surface area (Å²) >= 11 is 6.00. The van der Waals surface area contributed by atoms with Gasteiger partial charge in [-0.25, -0.2) is 5.01 Å². The van der Waals surface area contributed by atoms with Crippen molar-refractivity contribution in [3.05, 3.63) is 77.3 Å². The van der Waals surface area contributed by atoms with E-state index in [4.69, 9.17) is 16.7 Å². The largest absolute Gasteiger partial charge is 0.480 e. The van der Waals surface area contributed by atoms with Crippen LogP contribution in [0.25, 0.3) is 10.8 Å². The molecule has 2 amide bonds. The third kappa shape index (κ3) is 6.38. The quantitative estimate of drug-likeness (QED) is 0.408. The van der Waals surface area contributed by atoms with Crippen molar-refractivity contribution < 1.29 is 19.5 Å². The minimum absolute atomic E-state index is 0.133. The van der Waals surface area contributed by atoms with Gasteiger partial charge in [-0.05, 0) is 34.5 Å². The zero-order valence-corrected chi connectivity index (χ0v) is 17.2. The summed E-state index contributed by atoms with van der Waals surface area (Å²) < 4.78 is 0. The lowest BCUT2D eigenvalue weighted by molar-refractivity contribution is -0.144. The number of amides is 2. The van der Waals surface area contributed by atoms with Gasteiger partial charge in [-0.15, -0.1) is 0 Å². The number of benzene rings is 3. The first-order valence-electron chi connectivity index (χ1n) is 9.52. The first-order chi connectivity index (χ1) is 14.9. The van der Waals surface area contributed by atoms with Crippen molar-refractivity contribution in [3.63, 3.8) is 0 Å². The summed E-state index contributed by atoms with van der Waals surface area (Å²) in [4.78, 5) is 35.8. The number of nitrogens with one attached hydrogen (secondary N) is 1. The van der Waals surface area contributed by atoms with E-state index in [2.05, 4.69) is 10.4 Å². The summed E-state index contributed by atoms with van der Waals surface area (Å²) in [6.07, 6.45) is 1.10. The fourth-order valence-corrected chi connectivity index (χ4v) is 3.05. The summed E-state index contributed by atoms with van der Waals surface area (Å²) in [5.74, 6) is -2.19. The number of carboxylic acid groups (broad SMARTS) is 1. The molecule has 158 valence electrons. The van der Waals surface area contributed by atoms with E-state index in [0.29, 0.717) is 10.7 Å². The maximum atomic E-state index is 12.5. The highest BCUT2D eigenvalue weighted by Gasteiger charge is 2.17. The van der Waals surface area contributed by atoms with Crippen LogP contribution in [0, 0.1) is 0 Å². The van der Waals surface area contributed by atoms with E-state index in [0.717, 1.165) is 21.3 Å². The van der Waals surface area contributed by atoms with E-state index in [-0.39, 0.29) is 12.8 Å². The molecule has 0 spiro atoms. The molecular formula is C23H20ClN3O4. The summed E-state index contributed by atoms with van der Waals surface area (Å²) in [6, 6.07) is 20.1. The molecule has 3 rings (SSSR count). The molecule has 2 N–H and O–H groups in total. The third-order valence-electron chi connectivity index (χ3n) is 4.41. The Labute approximate surface area is 183 Å². The highest BCUT2D eigenvalue weighted by atomic mass is 35.5. The van der Waals surface area contributed by atoms with Crippen LogP contribution in [0.3, 0.4) is 0 Å². The molecule has 3 aromatic carbocycles. The lowest BCUT2D eigenvalue weighted by atomic mass is 10.1.